The van der Waals surface area contributed by atoms with Gasteiger partial charge in [-0.05, 0) is 25.5 Å². The summed E-state index contributed by atoms with van der Waals surface area (Å²) in [5.74, 6) is 5.67. The van der Waals surface area contributed by atoms with E-state index >= 15 is 0 Å². The Balaban J connectivity index is 2.40. The Hall–Kier alpha value is -1.35. The van der Waals surface area contributed by atoms with Gasteiger partial charge in [0.2, 0.25) is 10.0 Å². The lowest BCUT2D eigenvalue weighted by Gasteiger charge is -2.05. The van der Waals surface area contributed by atoms with E-state index in [4.69, 9.17) is 5.11 Å². The molecule has 0 atom stereocenters. The van der Waals surface area contributed by atoms with Crippen molar-refractivity contribution >= 4 is 10.0 Å². The number of hydrogen-bond acceptors (Lipinski definition) is 3. The maximum atomic E-state index is 11.9. The summed E-state index contributed by atoms with van der Waals surface area (Å²) in [6.07, 6.45) is 1.75. The van der Waals surface area contributed by atoms with Crippen molar-refractivity contribution in [1.29, 1.82) is 0 Å². The van der Waals surface area contributed by atoms with E-state index in [-0.39, 0.29) is 11.5 Å². The molecule has 0 unspecified atom stereocenters. The third-order valence-corrected chi connectivity index (χ3v) is 3.94. The first-order valence-electron chi connectivity index (χ1n) is 6.19. The summed E-state index contributed by atoms with van der Waals surface area (Å²) >= 11 is 0. The van der Waals surface area contributed by atoms with Crippen LogP contribution < -0.4 is 4.72 Å². The first-order chi connectivity index (χ1) is 9.06. The van der Waals surface area contributed by atoms with Crippen LogP contribution in [0.4, 0.5) is 0 Å². The Labute approximate surface area is 114 Å². The minimum Gasteiger partial charge on any atom is -0.395 e. The number of hydrogen-bond donors (Lipinski definition) is 2. The zero-order valence-corrected chi connectivity index (χ0v) is 11.8. The summed E-state index contributed by atoms with van der Waals surface area (Å²) in [6, 6.07) is 6.74. The highest BCUT2D eigenvalue weighted by atomic mass is 32.2. The average molecular weight is 281 g/mol. The maximum absolute atomic E-state index is 11.9. The zero-order valence-electron chi connectivity index (χ0n) is 11.0. The van der Waals surface area contributed by atoms with Crippen LogP contribution in [0.25, 0.3) is 0 Å². The molecule has 0 spiro atoms. The SMILES string of the molecule is Cc1ccc(S(=O)(=O)NCCCC#CCCO)cc1. The number of sulfonamides is 1. The Morgan fingerprint density at radius 1 is 1.16 bits per heavy atom. The minimum absolute atomic E-state index is 0.0626. The van der Waals surface area contributed by atoms with E-state index in [0.717, 1.165) is 5.56 Å². The number of nitrogens with one attached hydrogen (secondary N) is 1. The molecule has 0 saturated carbocycles. The molecule has 0 aliphatic carbocycles. The fourth-order valence-corrected chi connectivity index (χ4v) is 2.49. The Kier molecular flexibility index (Phi) is 6.57. The molecule has 0 aromatic heterocycles. The van der Waals surface area contributed by atoms with Gasteiger partial charge in [-0.1, -0.05) is 17.7 Å². The van der Waals surface area contributed by atoms with Gasteiger partial charge in [0.1, 0.15) is 0 Å². The van der Waals surface area contributed by atoms with Crippen molar-refractivity contribution in [1.82, 2.24) is 4.72 Å². The van der Waals surface area contributed by atoms with Gasteiger partial charge in [-0.2, -0.15) is 0 Å². The van der Waals surface area contributed by atoms with Crippen LogP contribution in [0.3, 0.4) is 0 Å². The molecule has 4 nitrogen and oxygen atoms in total. The van der Waals surface area contributed by atoms with Crippen molar-refractivity contribution in [3.8, 4) is 11.8 Å². The van der Waals surface area contributed by atoms with E-state index in [1.807, 2.05) is 6.92 Å². The lowest BCUT2D eigenvalue weighted by atomic mass is 10.2. The molecule has 1 aromatic carbocycles. The second-order valence-corrected chi connectivity index (χ2v) is 5.91. The molecule has 104 valence electrons. The quantitative estimate of drug-likeness (QED) is 0.612. The molecule has 19 heavy (non-hydrogen) atoms. The summed E-state index contributed by atoms with van der Waals surface area (Å²) < 4.78 is 26.3. The number of rotatable bonds is 6. The van der Waals surface area contributed by atoms with Crippen molar-refractivity contribution < 1.29 is 13.5 Å². The lowest BCUT2D eigenvalue weighted by Crippen LogP contribution is -2.24. The molecule has 0 bridgehead atoms. The molecule has 1 aromatic rings. The number of aliphatic hydroxyl groups is 1. The van der Waals surface area contributed by atoms with Gasteiger partial charge >= 0.3 is 0 Å². The van der Waals surface area contributed by atoms with Crippen LogP contribution in [0.15, 0.2) is 29.2 Å². The largest absolute Gasteiger partial charge is 0.395 e. The zero-order chi connectivity index (χ0) is 14.1. The molecular formula is C14H19NO3S. The molecule has 0 aliphatic heterocycles. The monoisotopic (exact) mass is 281 g/mol. The van der Waals surface area contributed by atoms with Crippen LogP contribution >= 0.6 is 0 Å². The number of aryl methyl sites for hydroxylation is 1. The van der Waals surface area contributed by atoms with E-state index in [0.29, 0.717) is 25.8 Å². The highest BCUT2D eigenvalue weighted by molar-refractivity contribution is 7.89. The normalized spacial score (nSPS) is 10.8. The van der Waals surface area contributed by atoms with Gasteiger partial charge in [0, 0.05) is 19.4 Å². The van der Waals surface area contributed by atoms with Crippen molar-refractivity contribution in [3.05, 3.63) is 29.8 Å². The molecule has 1 rings (SSSR count). The second-order valence-electron chi connectivity index (χ2n) is 4.14. The van der Waals surface area contributed by atoms with E-state index < -0.39 is 10.0 Å². The minimum atomic E-state index is -3.41. The predicted molar refractivity (Wildman–Crippen MR) is 75.1 cm³/mol. The fourth-order valence-electron chi connectivity index (χ4n) is 1.42. The Morgan fingerprint density at radius 3 is 2.42 bits per heavy atom. The maximum Gasteiger partial charge on any atom is 0.240 e. The first kappa shape index (κ1) is 15.7. The molecular weight excluding hydrogens is 262 g/mol. The van der Waals surface area contributed by atoms with Crippen molar-refractivity contribution in [2.45, 2.75) is 31.1 Å². The van der Waals surface area contributed by atoms with Crippen LogP contribution in [0.2, 0.25) is 0 Å². The van der Waals surface area contributed by atoms with Gasteiger partial charge in [0.05, 0.1) is 11.5 Å². The smallest absolute Gasteiger partial charge is 0.240 e. The number of benzene rings is 1. The van der Waals surface area contributed by atoms with E-state index in [1.54, 1.807) is 24.3 Å². The standard InChI is InChI=1S/C14H19NO3S/c1-13-7-9-14(10-8-13)19(17,18)15-11-5-3-2-4-6-12-16/h7-10,15-16H,3,5-6,11-12H2,1H3. The summed E-state index contributed by atoms with van der Waals surface area (Å²) in [4.78, 5) is 0.282. The van der Waals surface area contributed by atoms with Crippen molar-refractivity contribution in [2.24, 2.45) is 0 Å². The lowest BCUT2D eigenvalue weighted by molar-refractivity contribution is 0.305. The summed E-state index contributed by atoms with van der Waals surface area (Å²) in [5.41, 5.74) is 1.03. The van der Waals surface area contributed by atoms with Crippen molar-refractivity contribution in [3.63, 3.8) is 0 Å². The van der Waals surface area contributed by atoms with E-state index in [9.17, 15) is 8.42 Å². The van der Waals surface area contributed by atoms with Gasteiger partial charge < -0.3 is 5.11 Å². The first-order valence-corrected chi connectivity index (χ1v) is 7.67. The van der Waals surface area contributed by atoms with Gasteiger partial charge in [-0.3, -0.25) is 0 Å². The fraction of sp³-hybridized carbons (Fsp3) is 0.429. The average Bonchev–Trinajstić information content (AvgIpc) is 2.38. The van der Waals surface area contributed by atoms with Gasteiger partial charge in [-0.15, -0.1) is 11.8 Å². The van der Waals surface area contributed by atoms with E-state index in [1.165, 1.54) is 0 Å². The molecule has 0 aliphatic rings. The number of aliphatic hydroxyl groups excluding tert-OH is 1. The third kappa shape index (κ3) is 5.88. The Morgan fingerprint density at radius 2 is 1.79 bits per heavy atom. The highest BCUT2D eigenvalue weighted by Crippen LogP contribution is 2.09. The van der Waals surface area contributed by atoms with Gasteiger partial charge in [0.15, 0.2) is 0 Å². The summed E-state index contributed by atoms with van der Waals surface area (Å²) in [7, 11) is -3.41. The topological polar surface area (TPSA) is 66.4 Å². The van der Waals surface area contributed by atoms with Crippen LogP contribution in [-0.4, -0.2) is 26.7 Å². The summed E-state index contributed by atoms with van der Waals surface area (Å²) in [5, 5.41) is 8.53. The highest BCUT2D eigenvalue weighted by Gasteiger charge is 2.11. The molecule has 2 N–H and O–H groups in total. The molecule has 0 heterocycles. The molecule has 5 heteroatoms. The van der Waals surface area contributed by atoms with Gasteiger partial charge in [-0.25, -0.2) is 13.1 Å². The van der Waals surface area contributed by atoms with Crippen LogP contribution in [0, 0.1) is 18.8 Å². The third-order valence-electron chi connectivity index (χ3n) is 2.46. The van der Waals surface area contributed by atoms with Crippen molar-refractivity contribution in [2.75, 3.05) is 13.2 Å². The Bertz CT molecular complexity index is 538. The van der Waals surface area contributed by atoms with Crippen LogP contribution in [0.5, 0.6) is 0 Å². The predicted octanol–water partition coefficient (Wildman–Crippen LogP) is 1.44. The molecule has 0 fully saturated rings. The summed E-state index contributed by atoms with van der Waals surface area (Å²) in [6.45, 7) is 2.34. The molecule has 0 saturated heterocycles. The second kappa shape index (κ2) is 7.95. The van der Waals surface area contributed by atoms with Crippen LogP contribution in [0.1, 0.15) is 24.8 Å². The van der Waals surface area contributed by atoms with Crippen LogP contribution in [-0.2, 0) is 10.0 Å². The molecule has 0 amide bonds. The van der Waals surface area contributed by atoms with E-state index in [2.05, 4.69) is 16.6 Å². The van der Waals surface area contributed by atoms with Gasteiger partial charge in [0.25, 0.3) is 0 Å². The molecule has 0 radical (unpaired) electrons. The number of unbranched alkanes of at least 4 members (excludes halogenated alkanes) is 1.